The van der Waals surface area contributed by atoms with Crippen molar-refractivity contribution < 1.29 is 4.79 Å². The standard InChI is InChI=1S/C24H31N3O/c1-2-20-9-10-22(25-15-20)17-26-14-6-12-24(18-26)13-11-23(28)27(19-24)16-21-7-4-3-5-8-21/h3-5,7-10,15H,2,6,11-14,16-19H2,1H3/t24-/m1/s1. The predicted octanol–water partition coefficient (Wildman–Crippen LogP) is 4.05. The van der Waals surface area contributed by atoms with Crippen molar-refractivity contribution in [1.82, 2.24) is 14.8 Å². The molecule has 4 rings (SSSR count). The molecule has 2 aliphatic heterocycles. The highest BCUT2D eigenvalue weighted by atomic mass is 16.2. The maximum absolute atomic E-state index is 12.6. The van der Waals surface area contributed by atoms with Gasteiger partial charge in [0, 0.05) is 44.2 Å². The molecule has 0 radical (unpaired) electrons. The third kappa shape index (κ3) is 4.44. The van der Waals surface area contributed by atoms with Gasteiger partial charge in [0.15, 0.2) is 0 Å². The van der Waals surface area contributed by atoms with Crippen molar-refractivity contribution in [3.63, 3.8) is 0 Å². The maximum Gasteiger partial charge on any atom is 0.222 e. The number of benzene rings is 1. The van der Waals surface area contributed by atoms with Crippen LogP contribution in [-0.2, 0) is 24.3 Å². The monoisotopic (exact) mass is 377 g/mol. The Hall–Kier alpha value is -2.20. The fraction of sp³-hybridized carbons (Fsp3) is 0.500. The van der Waals surface area contributed by atoms with Crippen molar-refractivity contribution in [2.45, 2.75) is 52.1 Å². The van der Waals surface area contributed by atoms with Crippen LogP contribution in [0.1, 0.15) is 49.4 Å². The second-order valence-electron chi connectivity index (χ2n) is 8.56. The fourth-order valence-corrected chi connectivity index (χ4v) is 4.82. The van der Waals surface area contributed by atoms with Crippen LogP contribution in [0.4, 0.5) is 0 Å². The number of likely N-dealkylation sites (tertiary alicyclic amines) is 2. The van der Waals surface area contributed by atoms with Gasteiger partial charge in [-0.1, -0.05) is 43.3 Å². The molecule has 2 aromatic rings. The molecule has 0 unspecified atom stereocenters. The first-order valence-electron chi connectivity index (χ1n) is 10.6. The SMILES string of the molecule is CCc1ccc(CN2CCC[C@@]3(CCC(=O)N(Cc4ccccc4)C3)C2)nc1. The molecule has 4 heteroatoms. The lowest BCUT2D eigenvalue weighted by Crippen LogP contribution is -2.53. The largest absolute Gasteiger partial charge is 0.338 e. The first-order valence-corrected chi connectivity index (χ1v) is 10.6. The van der Waals surface area contributed by atoms with E-state index in [0.29, 0.717) is 12.3 Å². The van der Waals surface area contributed by atoms with Crippen LogP contribution in [0.15, 0.2) is 48.7 Å². The quantitative estimate of drug-likeness (QED) is 0.789. The molecular formula is C24H31N3O. The number of carbonyl (C=O) groups is 1. The summed E-state index contributed by atoms with van der Waals surface area (Å²) < 4.78 is 0. The second kappa shape index (κ2) is 8.44. The summed E-state index contributed by atoms with van der Waals surface area (Å²) in [5, 5.41) is 0. The van der Waals surface area contributed by atoms with E-state index in [4.69, 9.17) is 0 Å². The van der Waals surface area contributed by atoms with Gasteiger partial charge in [0.05, 0.1) is 5.69 Å². The Morgan fingerprint density at radius 3 is 2.61 bits per heavy atom. The second-order valence-corrected chi connectivity index (χ2v) is 8.56. The number of piperidine rings is 2. The molecule has 148 valence electrons. The lowest BCUT2D eigenvalue weighted by Gasteiger charge is -2.48. The summed E-state index contributed by atoms with van der Waals surface area (Å²) >= 11 is 0. The molecule has 4 nitrogen and oxygen atoms in total. The van der Waals surface area contributed by atoms with Crippen molar-refractivity contribution in [2.24, 2.45) is 5.41 Å². The van der Waals surface area contributed by atoms with E-state index < -0.39 is 0 Å². The Morgan fingerprint density at radius 2 is 1.86 bits per heavy atom. The number of pyridine rings is 1. The Kier molecular flexibility index (Phi) is 5.77. The zero-order valence-electron chi connectivity index (χ0n) is 16.9. The highest BCUT2D eigenvalue weighted by Crippen LogP contribution is 2.39. The summed E-state index contributed by atoms with van der Waals surface area (Å²) in [5.74, 6) is 0.309. The molecular weight excluding hydrogens is 346 g/mol. The first-order chi connectivity index (χ1) is 13.7. The summed E-state index contributed by atoms with van der Waals surface area (Å²) in [4.78, 5) is 21.9. The molecule has 1 atom stereocenters. The van der Waals surface area contributed by atoms with E-state index >= 15 is 0 Å². The number of carbonyl (C=O) groups excluding carboxylic acids is 1. The van der Waals surface area contributed by atoms with Gasteiger partial charge in [0.2, 0.25) is 5.91 Å². The molecule has 1 aromatic heterocycles. The van der Waals surface area contributed by atoms with Crippen LogP contribution in [0.5, 0.6) is 0 Å². The van der Waals surface area contributed by atoms with Crippen molar-refractivity contribution in [3.8, 4) is 0 Å². The molecule has 28 heavy (non-hydrogen) atoms. The third-order valence-corrected chi connectivity index (χ3v) is 6.38. The molecule has 1 aromatic carbocycles. The van der Waals surface area contributed by atoms with E-state index in [-0.39, 0.29) is 5.41 Å². The van der Waals surface area contributed by atoms with Gasteiger partial charge >= 0.3 is 0 Å². The molecule has 2 fully saturated rings. The molecule has 1 spiro atoms. The number of hydrogen-bond donors (Lipinski definition) is 0. The van der Waals surface area contributed by atoms with Gasteiger partial charge in [0.25, 0.3) is 0 Å². The Morgan fingerprint density at radius 1 is 1.00 bits per heavy atom. The van der Waals surface area contributed by atoms with Gasteiger partial charge in [-0.25, -0.2) is 0 Å². The van der Waals surface area contributed by atoms with E-state index in [2.05, 4.69) is 58.1 Å². The number of rotatable bonds is 5. The van der Waals surface area contributed by atoms with Gasteiger partial charge in [-0.2, -0.15) is 0 Å². The summed E-state index contributed by atoms with van der Waals surface area (Å²) in [5.41, 5.74) is 3.91. The van der Waals surface area contributed by atoms with E-state index in [1.165, 1.54) is 24.0 Å². The molecule has 0 saturated carbocycles. The Labute approximate surface area is 168 Å². The van der Waals surface area contributed by atoms with Crippen LogP contribution in [0, 0.1) is 5.41 Å². The zero-order chi connectivity index (χ0) is 19.4. The predicted molar refractivity (Wildman–Crippen MR) is 112 cm³/mol. The van der Waals surface area contributed by atoms with E-state index in [1.54, 1.807) is 0 Å². The number of hydrogen-bond acceptors (Lipinski definition) is 3. The van der Waals surface area contributed by atoms with Gasteiger partial charge in [0.1, 0.15) is 0 Å². The minimum atomic E-state index is 0.240. The van der Waals surface area contributed by atoms with Crippen LogP contribution in [0.25, 0.3) is 0 Å². The lowest BCUT2D eigenvalue weighted by atomic mass is 9.73. The van der Waals surface area contributed by atoms with Crippen LogP contribution in [-0.4, -0.2) is 40.3 Å². The molecule has 2 aliphatic rings. The fourth-order valence-electron chi connectivity index (χ4n) is 4.82. The summed E-state index contributed by atoms with van der Waals surface area (Å²) in [6, 6.07) is 14.7. The highest BCUT2D eigenvalue weighted by Gasteiger charge is 2.41. The molecule has 2 saturated heterocycles. The number of aryl methyl sites for hydroxylation is 1. The van der Waals surface area contributed by atoms with Crippen LogP contribution < -0.4 is 0 Å². The van der Waals surface area contributed by atoms with Gasteiger partial charge in [-0.3, -0.25) is 14.7 Å². The Balaban J connectivity index is 1.42. The minimum Gasteiger partial charge on any atom is -0.338 e. The first kappa shape index (κ1) is 19.1. The van der Waals surface area contributed by atoms with Gasteiger partial charge < -0.3 is 4.90 Å². The van der Waals surface area contributed by atoms with Crippen molar-refractivity contribution in [3.05, 3.63) is 65.5 Å². The number of amides is 1. The average molecular weight is 378 g/mol. The topological polar surface area (TPSA) is 36.4 Å². The molecule has 3 heterocycles. The average Bonchev–Trinajstić information content (AvgIpc) is 2.72. The number of nitrogens with zero attached hydrogens (tertiary/aromatic N) is 3. The number of aromatic nitrogens is 1. The minimum absolute atomic E-state index is 0.240. The van der Waals surface area contributed by atoms with E-state index in [9.17, 15) is 4.79 Å². The highest BCUT2D eigenvalue weighted by molar-refractivity contribution is 5.77. The summed E-state index contributed by atoms with van der Waals surface area (Å²) in [6.45, 7) is 6.91. The van der Waals surface area contributed by atoms with Crippen LogP contribution in [0.3, 0.4) is 0 Å². The Bertz CT molecular complexity index is 789. The zero-order valence-corrected chi connectivity index (χ0v) is 16.9. The maximum atomic E-state index is 12.6. The third-order valence-electron chi connectivity index (χ3n) is 6.38. The lowest BCUT2D eigenvalue weighted by molar-refractivity contribution is -0.140. The van der Waals surface area contributed by atoms with Crippen molar-refractivity contribution >= 4 is 5.91 Å². The van der Waals surface area contributed by atoms with E-state index in [1.807, 2.05) is 12.3 Å². The van der Waals surface area contributed by atoms with E-state index in [0.717, 1.165) is 51.3 Å². The molecule has 0 N–H and O–H groups in total. The summed E-state index contributed by atoms with van der Waals surface area (Å²) in [6.07, 6.45) is 7.19. The summed E-state index contributed by atoms with van der Waals surface area (Å²) in [7, 11) is 0. The van der Waals surface area contributed by atoms with Crippen LogP contribution >= 0.6 is 0 Å². The molecule has 1 amide bonds. The molecule has 0 aliphatic carbocycles. The van der Waals surface area contributed by atoms with Gasteiger partial charge in [-0.05, 0) is 49.4 Å². The smallest absolute Gasteiger partial charge is 0.222 e. The van der Waals surface area contributed by atoms with Crippen molar-refractivity contribution in [2.75, 3.05) is 19.6 Å². The van der Waals surface area contributed by atoms with Crippen LogP contribution in [0.2, 0.25) is 0 Å². The van der Waals surface area contributed by atoms with Crippen molar-refractivity contribution in [1.29, 1.82) is 0 Å². The normalized spacial score (nSPS) is 23.3. The van der Waals surface area contributed by atoms with Gasteiger partial charge in [-0.15, -0.1) is 0 Å². The molecule has 0 bridgehead atoms.